The number of amides is 1. The number of hydrogen-bond acceptors (Lipinski definition) is 5. The lowest BCUT2D eigenvalue weighted by Gasteiger charge is -2.31. The van der Waals surface area contributed by atoms with Crippen molar-refractivity contribution >= 4 is 17.5 Å². The van der Waals surface area contributed by atoms with E-state index in [4.69, 9.17) is 9.47 Å². The van der Waals surface area contributed by atoms with Crippen LogP contribution in [0.3, 0.4) is 0 Å². The fourth-order valence-electron chi connectivity index (χ4n) is 3.57. The van der Waals surface area contributed by atoms with Crippen LogP contribution >= 0.6 is 0 Å². The van der Waals surface area contributed by atoms with Crippen LogP contribution < -0.4 is 9.47 Å². The maximum atomic E-state index is 12.6. The van der Waals surface area contributed by atoms with Gasteiger partial charge in [-0.25, -0.2) is 0 Å². The van der Waals surface area contributed by atoms with Gasteiger partial charge in [-0.3, -0.25) is 14.4 Å². The van der Waals surface area contributed by atoms with Crippen molar-refractivity contribution in [2.75, 3.05) is 20.2 Å². The van der Waals surface area contributed by atoms with Gasteiger partial charge in [0, 0.05) is 50.8 Å². The van der Waals surface area contributed by atoms with Crippen molar-refractivity contribution in [2.24, 2.45) is 11.8 Å². The highest BCUT2D eigenvalue weighted by Crippen LogP contribution is 2.32. The summed E-state index contributed by atoms with van der Waals surface area (Å²) in [6.45, 7) is 8.38. The van der Waals surface area contributed by atoms with E-state index >= 15 is 0 Å². The number of nitrogens with zero attached hydrogens (tertiary/aromatic N) is 1. The third kappa shape index (κ3) is 5.57. The Kier molecular flexibility index (Phi) is 7.61. The second-order valence-corrected chi connectivity index (χ2v) is 7.78. The summed E-state index contributed by atoms with van der Waals surface area (Å²) in [6.07, 6.45) is 1.73. The van der Waals surface area contributed by atoms with Crippen molar-refractivity contribution in [3.63, 3.8) is 0 Å². The summed E-state index contributed by atoms with van der Waals surface area (Å²) in [5.74, 6) is 0.980. The summed E-state index contributed by atoms with van der Waals surface area (Å²) in [6, 6.07) is 5.16. The molecule has 6 nitrogen and oxygen atoms in total. The zero-order chi connectivity index (χ0) is 20.8. The first-order valence-electron chi connectivity index (χ1n) is 9.86. The van der Waals surface area contributed by atoms with Crippen LogP contribution in [0.4, 0.5) is 0 Å². The number of likely N-dealkylation sites (tertiary alicyclic amines) is 1. The Labute approximate surface area is 167 Å². The minimum atomic E-state index is -0.277. The normalized spacial score (nSPS) is 16.0. The number of benzene rings is 1. The Morgan fingerprint density at radius 2 is 1.75 bits per heavy atom. The molecule has 1 aromatic carbocycles. The van der Waals surface area contributed by atoms with Gasteiger partial charge in [0.25, 0.3) is 0 Å². The van der Waals surface area contributed by atoms with Gasteiger partial charge in [0.05, 0.1) is 7.11 Å². The van der Waals surface area contributed by atoms with Crippen LogP contribution in [0, 0.1) is 11.8 Å². The summed E-state index contributed by atoms with van der Waals surface area (Å²) < 4.78 is 11.5. The molecule has 0 radical (unpaired) electrons. The Balaban J connectivity index is 2.06. The fraction of sp³-hybridized carbons (Fsp3) is 0.591. The van der Waals surface area contributed by atoms with E-state index in [1.54, 1.807) is 32.2 Å². The highest BCUT2D eigenvalue weighted by molar-refractivity contribution is 5.99. The van der Waals surface area contributed by atoms with Crippen molar-refractivity contribution in [3.8, 4) is 11.5 Å². The molecule has 1 aliphatic rings. The van der Waals surface area contributed by atoms with E-state index in [1.807, 2.05) is 18.7 Å². The topological polar surface area (TPSA) is 72.9 Å². The second kappa shape index (κ2) is 9.71. The van der Waals surface area contributed by atoms with Gasteiger partial charge in [0.2, 0.25) is 5.91 Å². The molecular weight excluding hydrogens is 358 g/mol. The highest BCUT2D eigenvalue weighted by atomic mass is 16.5. The molecule has 1 atom stereocenters. The average Bonchev–Trinajstić information content (AvgIpc) is 2.66. The van der Waals surface area contributed by atoms with Gasteiger partial charge in [0.1, 0.15) is 11.9 Å². The van der Waals surface area contributed by atoms with Crippen LogP contribution in [0.25, 0.3) is 0 Å². The maximum Gasteiger partial charge on any atom is 0.219 e. The molecule has 6 heteroatoms. The van der Waals surface area contributed by atoms with Gasteiger partial charge in [-0.15, -0.1) is 0 Å². The summed E-state index contributed by atoms with van der Waals surface area (Å²) in [4.78, 5) is 37.7. The minimum Gasteiger partial charge on any atom is -0.493 e. The molecule has 0 spiro atoms. The smallest absolute Gasteiger partial charge is 0.219 e. The number of rotatable bonds is 8. The SMILES string of the molecule is COc1cc(C(=O)C[C@H](C(C)=O)C(C)C)ccc1OC1CCN(C(C)=O)CC1. The van der Waals surface area contributed by atoms with Crippen LogP contribution in [0.5, 0.6) is 11.5 Å². The Hall–Kier alpha value is -2.37. The molecule has 154 valence electrons. The van der Waals surface area contributed by atoms with Gasteiger partial charge in [-0.1, -0.05) is 13.8 Å². The monoisotopic (exact) mass is 389 g/mol. The molecule has 28 heavy (non-hydrogen) atoms. The van der Waals surface area contributed by atoms with E-state index in [1.165, 1.54) is 6.92 Å². The predicted molar refractivity (Wildman–Crippen MR) is 107 cm³/mol. The molecule has 1 amide bonds. The molecule has 1 aliphatic heterocycles. The zero-order valence-electron chi connectivity index (χ0n) is 17.5. The van der Waals surface area contributed by atoms with E-state index in [0.717, 1.165) is 12.8 Å². The molecule has 0 saturated carbocycles. The largest absolute Gasteiger partial charge is 0.493 e. The van der Waals surface area contributed by atoms with Crippen LogP contribution in [0.15, 0.2) is 18.2 Å². The van der Waals surface area contributed by atoms with E-state index in [2.05, 4.69) is 0 Å². The fourth-order valence-corrected chi connectivity index (χ4v) is 3.57. The molecule has 1 heterocycles. The zero-order valence-corrected chi connectivity index (χ0v) is 17.5. The van der Waals surface area contributed by atoms with Gasteiger partial charge in [-0.2, -0.15) is 0 Å². The average molecular weight is 389 g/mol. The molecular formula is C22H31NO5. The van der Waals surface area contributed by atoms with Crippen molar-refractivity contribution in [3.05, 3.63) is 23.8 Å². The van der Waals surface area contributed by atoms with Gasteiger partial charge in [-0.05, 0) is 31.0 Å². The third-order valence-corrected chi connectivity index (χ3v) is 5.40. The number of ether oxygens (including phenoxy) is 2. The first-order valence-corrected chi connectivity index (χ1v) is 9.86. The number of carbonyl (C=O) groups excluding carboxylic acids is 3. The van der Waals surface area contributed by atoms with E-state index in [-0.39, 0.29) is 41.8 Å². The van der Waals surface area contributed by atoms with Crippen LogP contribution in [0.1, 0.15) is 57.3 Å². The quantitative estimate of drug-likeness (QED) is 0.636. The lowest BCUT2D eigenvalue weighted by atomic mass is 9.86. The van der Waals surface area contributed by atoms with E-state index < -0.39 is 0 Å². The van der Waals surface area contributed by atoms with Crippen LogP contribution in [-0.2, 0) is 9.59 Å². The van der Waals surface area contributed by atoms with Gasteiger partial charge >= 0.3 is 0 Å². The number of methoxy groups -OCH3 is 1. The standard InChI is InChI=1S/C22H31NO5/c1-14(2)19(15(3)24)13-20(26)17-6-7-21(22(12-17)27-5)28-18-8-10-23(11-9-18)16(4)25/h6-7,12,14,18-19H,8-11,13H2,1-5H3/t19-/m0/s1. The first kappa shape index (κ1) is 21.9. The van der Waals surface area contributed by atoms with Crippen LogP contribution in [-0.4, -0.2) is 48.7 Å². The number of hydrogen-bond donors (Lipinski definition) is 0. The number of piperidine rings is 1. The molecule has 0 bridgehead atoms. The molecule has 2 rings (SSSR count). The Bertz CT molecular complexity index is 720. The Morgan fingerprint density at radius 1 is 1.11 bits per heavy atom. The minimum absolute atomic E-state index is 0.00841. The van der Waals surface area contributed by atoms with Crippen LogP contribution in [0.2, 0.25) is 0 Å². The Morgan fingerprint density at radius 3 is 2.25 bits per heavy atom. The van der Waals surface area contributed by atoms with Crippen molar-refractivity contribution < 1.29 is 23.9 Å². The summed E-state index contributed by atoms with van der Waals surface area (Å²) >= 11 is 0. The lowest BCUT2D eigenvalue weighted by Crippen LogP contribution is -2.40. The summed E-state index contributed by atoms with van der Waals surface area (Å²) in [5, 5.41) is 0. The molecule has 1 saturated heterocycles. The van der Waals surface area contributed by atoms with Crippen molar-refractivity contribution in [2.45, 2.75) is 53.1 Å². The summed E-state index contributed by atoms with van der Waals surface area (Å²) in [7, 11) is 1.54. The lowest BCUT2D eigenvalue weighted by molar-refractivity contribution is -0.130. The molecule has 1 aromatic rings. The molecule has 0 aliphatic carbocycles. The van der Waals surface area contributed by atoms with E-state index in [9.17, 15) is 14.4 Å². The highest BCUT2D eigenvalue weighted by Gasteiger charge is 2.25. The van der Waals surface area contributed by atoms with Gasteiger partial charge < -0.3 is 14.4 Å². The maximum absolute atomic E-state index is 12.6. The summed E-state index contributed by atoms with van der Waals surface area (Å²) in [5.41, 5.74) is 0.516. The number of carbonyl (C=O) groups is 3. The molecule has 1 fully saturated rings. The van der Waals surface area contributed by atoms with Crippen molar-refractivity contribution in [1.29, 1.82) is 0 Å². The van der Waals surface area contributed by atoms with Crippen molar-refractivity contribution in [1.82, 2.24) is 4.90 Å². The van der Waals surface area contributed by atoms with E-state index in [0.29, 0.717) is 30.2 Å². The molecule has 0 N–H and O–H groups in total. The molecule has 0 aromatic heterocycles. The van der Waals surface area contributed by atoms with Gasteiger partial charge in [0.15, 0.2) is 17.3 Å². The third-order valence-electron chi connectivity index (χ3n) is 5.40. The predicted octanol–water partition coefficient (Wildman–Crippen LogP) is 3.52. The number of Topliss-reactive ketones (excluding diaryl/α,β-unsaturated/α-hetero) is 2. The first-order chi connectivity index (χ1) is 13.2. The number of ketones is 2. The molecule has 0 unspecified atom stereocenters. The second-order valence-electron chi connectivity index (χ2n) is 7.78.